The summed E-state index contributed by atoms with van der Waals surface area (Å²) in [5.41, 5.74) is 4.78. The fraction of sp³-hybridized carbons (Fsp3) is 0.379. The normalized spacial score (nSPS) is 15.9. The Labute approximate surface area is 238 Å². The standard InChI is InChI=1S/C29H35BN4O5S/c1-18-24(40-17-32-18)20-9-7-19(8-10-20)16-31-27(36)23-6-5-15-34(23)28(37)25(29(2,3)4)33-26(35)21-11-13-22(14-12-21)30(38)39/h7-14,17,23,25,38-39H,5-6,15-16H2,1-4H3,(H,31,36)(H,33,35)/t23-,25+/m0/s1. The van der Waals surface area contributed by atoms with Crippen LogP contribution in [0.1, 0.15) is 55.2 Å². The van der Waals surface area contributed by atoms with Crippen molar-refractivity contribution in [3.8, 4) is 10.4 Å². The van der Waals surface area contributed by atoms with Gasteiger partial charge in [0.2, 0.25) is 11.8 Å². The molecule has 11 heteroatoms. The fourth-order valence-electron chi connectivity index (χ4n) is 4.80. The minimum atomic E-state index is -1.63. The number of rotatable bonds is 8. The number of nitrogens with one attached hydrogen (secondary N) is 2. The molecule has 0 radical (unpaired) electrons. The molecule has 4 rings (SSSR count). The smallest absolute Gasteiger partial charge is 0.423 e. The van der Waals surface area contributed by atoms with Crippen LogP contribution < -0.4 is 16.1 Å². The van der Waals surface area contributed by atoms with Crippen LogP contribution in [0.3, 0.4) is 0 Å². The third-order valence-corrected chi connectivity index (χ3v) is 8.10. The van der Waals surface area contributed by atoms with Crippen LogP contribution in [-0.4, -0.2) is 63.4 Å². The van der Waals surface area contributed by atoms with E-state index in [1.807, 2.05) is 57.5 Å². The number of carbonyl (C=O) groups excluding carboxylic acids is 3. The van der Waals surface area contributed by atoms with Gasteiger partial charge in [-0.1, -0.05) is 57.2 Å². The van der Waals surface area contributed by atoms with Crippen molar-refractivity contribution >= 4 is 41.6 Å². The van der Waals surface area contributed by atoms with Crippen molar-refractivity contribution < 1.29 is 24.4 Å². The summed E-state index contributed by atoms with van der Waals surface area (Å²) in [7, 11) is -1.63. The molecule has 1 aliphatic rings. The summed E-state index contributed by atoms with van der Waals surface area (Å²) < 4.78 is 0. The first kappa shape index (κ1) is 29.4. The second-order valence-electron chi connectivity index (χ2n) is 11.1. The molecule has 0 saturated carbocycles. The molecule has 9 nitrogen and oxygen atoms in total. The van der Waals surface area contributed by atoms with E-state index in [0.29, 0.717) is 31.5 Å². The van der Waals surface area contributed by atoms with Crippen LogP contribution >= 0.6 is 11.3 Å². The van der Waals surface area contributed by atoms with Crippen molar-refractivity contribution in [1.82, 2.24) is 20.5 Å². The molecule has 210 valence electrons. The van der Waals surface area contributed by atoms with Crippen molar-refractivity contribution in [2.45, 2.75) is 59.2 Å². The number of amides is 3. The van der Waals surface area contributed by atoms with E-state index < -0.39 is 30.5 Å². The summed E-state index contributed by atoms with van der Waals surface area (Å²) in [6.45, 7) is 8.35. The van der Waals surface area contributed by atoms with E-state index in [2.05, 4.69) is 15.6 Å². The molecule has 2 aromatic carbocycles. The summed E-state index contributed by atoms with van der Waals surface area (Å²) in [4.78, 5) is 46.9. The summed E-state index contributed by atoms with van der Waals surface area (Å²) in [6.07, 6.45) is 1.25. The molecular weight excluding hydrogens is 527 g/mol. The maximum Gasteiger partial charge on any atom is 0.488 e. The zero-order valence-corrected chi connectivity index (χ0v) is 24.0. The van der Waals surface area contributed by atoms with Gasteiger partial charge in [0.15, 0.2) is 0 Å². The number of hydrogen-bond donors (Lipinski definition) is 4. The van der Waals surface area contributed by atoms with E-state index in [1.54, 1.807) is 16.2 Å². The highest BCUT2D eigenvalue weighted by Gasteiger charge is 2.41. The highest BCUT2D eigenvalue weighted by molar-refractivity contribution is 7.13. The molecule has 0 unspecified atom stereocenters. The Morgan fingerprint density at radius 1 is 1.10 bits per heavy atom. The SMILES string of the molecule is Cc1ncsc1-c1ccc(CNC(=O)[C@@H]2CCCN2C(=O)[C@@H](NC(=O)c2ccc(B(O)O)cc2)C(C)(C)C)cc1. The van der Waals surface area contributed by atoms with Crippen molar-refractivity contribution in [3.63, 3.8) is 0 Å². The Balaban J connectivity index is 1.40. The monoisotopic (exact) mass is 562 g/mol. The predicted molar refractivity (Wildman–Crippen MR) is 156 cm³/mol. The van der Waals surface area contributed by atoms with Crippen molar-refractivity contribution in [3.05, 3.63) is 70.9 Å². The summed E-state index contributed by atoms with van der Waals surface area (Å²) >= 11 is 1.59. The zero-order chi connectivity index (χ0) is 29.0. The molecule has 1 aromatic heterocycles. The van der Waals surface area contributed by atoms with Crippen LogP contribution in [-0.2, 0) is 16.1 Å². The van der Waals surface area contributed by atoms with Gasteiger partial charge < -0.3 is 25.6 Å². The Hall–Kier alpha value is -3.54. The van der Waals surface area contributed by atoms with Crippen molar-refractivity contribution in [2.24, 2.45) is 5.41 Å². The molecule has 0 bridgehead atoms. The molecule has 0 spiro atoms. The first-order valence-corrected chi connectivity index (χ1v) is 14.2. The average molecular weight is 563 g/mol. The van der Waals surface area contributed by atoms with Crippen molar-refractivity contribution in [1.29, 1.82) is 0 Å². The fourth-order valence-corrected chi connectivity index (χ4v) is 5.61. The van der Waals surface area contributed by atoms with Crippen LogP contribution in [0.15, 0.2) is 54.0 Å². The summed E-state index contributed by atoms with van der Waals surface area (Å²) in [5, 5.41) is 24.4. The molecule has 1 aliphatic heterocycles. The minimum absolute atomic E-state index is 0.217. The third-order valence-electron chi connectivity index (χ3n) is 7.13. The number of carbonyl (C=O) groups is 3. The lowest BCUT2D eigenvalue weighted by Crippen LogP contribution is -2.57. The largest absolute Gasteiger partial charge is 0.488 e. The van der Waals surface area contributed by atoms with Crippen LogP contribution in [0.4, 0.5) is 0 Å². The maximum atomic E-state index is 13.7. The number of nitrogens with zero attached hydrogens (tertiary/aromatic N) is 2. The lowest BCUT2D eigenvalue weighted by Gasteiger charge is -2.35. The van der Waals surface area contributed by atoms with Gasteiger partial charge in [-0.25, -0.2) is 4.98 Å². The Morgan fingerprint density at radius 3 is 2.35 bits per heavy atom. The van der Waals surface area contributed by atoms with Gasteiger partial charge in [0.1, 0.15) is 12.1 Å². The maximum absolute atomic E-state index is 13.7. The van der Waals surface area contributed by atoms with Gasteiger partial charge >= 0.3 is 7.12 Å². The van der Waals surface area contributed by atoms with E-state index in [4.69, 9.17) is 0 Å². The second-order valence-corrected chi connectivity index (χ2v) is 12.0. The van der Waals surface area contributed by atoms with Gasteiger partial charge in [-0.2, -0.15) is 0 Å². The lowest BCUT2D eigenvalue weighted by molar-refractivity contribution is -0.141. The highest BCUT2D eigenvalue weighted by Crippen LogP contribution is 2.28. The first-order valence-electron chi connectivity index (χ1n) is 13.3. The number of hydrogen-bond acceptors (Lipinski definition) is 7. The van der Waals surface area contributed by atoms with Gasteiger partial charge in [-0.15, -0.1) is 11.3 Å². The molecule has 3 aromatic rings. The molecule has 0 aliphatic carbocycles. The number of benzene rings is 2. The third kappa shape index (κ3) is 6.78. The number of aryl methyl sites for hydroxylation is 1. The molecule has 2 atom stereocenters. The van der Waals surface area contributed by atoms with Gasteiger partial charge in [-0.3, -0.25) is 14.4 Å². The molecule has 2 heterocycles. The molecular formula is C29H35BN4O5S. The van der Waals surface area contributed by atoms with E-state index in [0.717, 1.165) is 21.7 Å². The molecule has 4 N–H and O–H groups in total. The molecule has 1 fully saturated rings. The summed E-state index contributed by atoms with van der Waals surface area (Å²) in [6, 6.07) is 12.4. The number of likely N-dealkylation sites (tertiary alicyclic amines) is 1. The van der Waals surface area contributed by atoms with Crippen LogP contribution in [0, 0.1) is 12.3 Å². The van der Waals surface area contributed by atoms with Crippen LogP contribution in [0.25, 0.3) is 10.4 Å². The highest BCUT2D eigenvalue weighted by atomic mass is 32.1. The van der Waals surface area contributed by atoms with E-state index in [1.165, 1.54) is 24.3 Å². The zero-order valence-electron chi connectivity index (χ0n) is 23.2. The molecule has 1 saturated heterocycles. The second kappa shape index (κ2) is 12.3. The lowest BCUT2D eigenvalue weighted by atomic mass is 9.80. The van der Waals surface area contributed by atoms with E-state index in [-0.39, 0.29) is 17.3 Å². The van der Waals surface area contributed by atoms with E-state index >= 15 is 0 Å². The Bertz CT molecular complexity index is 1350. The van der Waals surface area contributed by atoms with Crippen LogP contribution in [0.2, 0.25) is 0 Å². The van der Waals surface area contributed by atoms with Crippen molar-refractivity contribution in [2.75, 3.05) is 6.54 Å². The summed E-state index contributed by atoms with van der Waals surface area (Å²) in [5.74, 6) is -0.972. The van der Waals surface area contributed by atoms with Gasteiger partial charge in [-0.05, 0) is 53.9 Å². The van der Waals surface area contributed by atoms with Gasteiger partial charge in [0.05, 0.1) is 16.1 Å². The Kier molecular flexibility index (Phi) is 9.07. The molecule has 40 heavy (non-hydrogen) atoms. The van der Waals surface area contributed by atoms with Gasteiger partial charge in [0.25, 0.3) is 5.91 Å². The van der Waals surface area contributed by atoms with Gasteiger partial charge in [0, 0.05) is 18.7 Å². The predicted octanol–water partition coefficient (Wildman–Crippen LogP) is 2.25. The average Bonchev–Trinajstić information content (AvgIpc) is 3.59. The Morgan fingerprint density at radius 2 is 1.77 bits per heavy atom. The van der Waals surface area contributed by atoms with E-state index in [9.17, 15) is 24.4 Å². The van der Waals surface area contributed by atoms with Crippen LogP contribution in [0.5, 0.6) is 0 Å². The number of thiazole rings is 1. The first-order chi connectivity index (χ1) is 19.0. The topological polar surface area (TPSA) is 132 Å². The molecule has 3 amide bonds. The quantitative estimate of drug-likeness (QED) is 0.312. The number of aromatic nitrogens is 1. The minimum Gasteiger partial charge on any atom is -0.423 e.